The van der Waals surface area contributed by atoms with E-state index in [2.05, 4.69) is 34.2 Å². The molecule has 0 radical (unpaired) electrons. The zero-order chi connectivity index (χ0) is 16.4. The number of aryl methyl sites for hydroxylation is 1. The van der Waals surface area contributed by atoms with E-state index in [0.29, 0.717) is 18.1 Å². The van der Waals surface area contributed by atoms with Crippen LogP contribution in [-0.2, 0) is 6.54 Å². The number of H-pyrrole nitrogens is 1. The molecule has 3 heterocycles. The summed E-state index contributed by atoms with van der Waals surface area (Å²) in [6.07, 6.45) is 3.60. The largest absolute Gasteiger partial charge is 0.304 e. The van der Waals surface area contributed by atoms with Gasteiger partial charge in [0.25, 0.3) is 5.56 Å². The van der Waals surface area contributed by atoms with Crippen molar-refractivity contribution in [2.75, 3.05) is 0 Å². The number of hydrogen-bond acceptors (Lipinski definition) is 4. The van der Waals surface area contributed by atoms with Crippen molar-refractivity contribution < 1.29 is 0 Å². The first-order valence-corrected chi connectivity index (χ1v) is 7.76. The number of hydrogen-bond donors (Lipinski definition) is 2. The van der Waals surface area contributed by atoms with Crippen LogP contribution in [0.15, 0.2) is 41.5 Å². The average Bonchev–Trinajstić information content (AvgIpc) is 2.89. The zero-order valence-corrected chi connectivity index (χ0v) is 13.6. The van der Waals surface area contributed by atoms with Gasteiger partial charge >= 0.3 is 0 Å². The first kappa shape index (κ1) is 15.4. The van der Waals surface area contributed by atoms with Gasteiger partial charge in [0.1, 0.15) is 0 Å². The van der Waals surface area contributed by atoms with E-state index in [1.165, 1.54) is 4.52 Å². The fourth-order valence-electron chi connectivity index (χ4n) is 2.70. The van der Waals surface area contributed by atoms with Gasteiger partial charge in [0.15, 0.2) is 5.65 Å². The van der Waals surface area contributed by atoms with Gasteiger partial charge in [-0.05, 0) is 24.5 Å². The van der Waals surface area contributed by atoms with E-state index in [1.54, 1.807) is 12.3 Å². The smallest absolute Gasteiger partial charge is 0.272 e. The minimum Gasteiger partial charge on any atom is -0.304 e. The van der Waals surface area contributed by atoms with E-state index in [-0.39, 0.29) is 11.6 Å². The molecule has 0 aliphatic heterocycles. The Bertz CT molecular complexity index is 850. The Labute approximate surface area is 134 Å². The number of aromatic nitrogens is 4. The second kappa shape index (κ2) is 6.34. The molecule has 0 spiro atoms. The minimum atomic E-state index is -0.0908. The van der Waals surface area contributed by atoms with Crippen LogP contribution >= 0.6 is 0 Å². The second-order valence-corrected chi connectivity index (χ2v) is 6.12. The maximum Gasteiger partial charge on any atom is 0.272 e. The Morgan fingerprint density at radius 1 is 1.35 bits per heavy atom. The number of rotatable bonds is 5. The molecule has 1 atom stereocenters. The Kier molecular flexibility index (Phi) is 4.25. The SMILES string of the molecule is Cc1cc2nc([C@H](NCc3cccnc3)C(C)C)cc(=O)n2[nH]1. The molecule has 6 nitrogen and oxygen atoms in total. The fourth-order valence-corrected chi connectivity index (χ4v) is 2.70. The van der Waals surface area contributed by atoms with Gasteiger partial charge in [-0.3, -0.25) is 14.9 Å². The van der Waals surface area contributed by atoms with Crippen molar-refractivity contribution in [1.82, 2.24) is 24.9 Å². The predicted octanol–water partition coefficient (Wildman–Crippen LogP) is 2.21. The second-order valence-electron chi connectivity index (χ2n) is 6.12. The number of nitrogens with one attached hydrogen (secondary N) is 2. The molecule has 0 amide bonds. The summed E-state index contributed by atoms with van der Waals surface area (Å²) in [6.45, 7) is 6.83. The molecule has 0 bridgehead atoms. The number of pyridine rings is 1. The molecule has 0 saturated carbocycles. The average molecular weight is 311 g/mol. The Hall–Kier alpha value is -2.47. The molecular formula is C17H21N5O. The molecule has 6 heteroatoms. The highest BCUT2D eigenvalue weighted by molar-refractivity contribution is 5.39. The lowest BCUT2D eigenvalue weighted by Crippen LogP contribution is -2.28. The topological polar surface area (TPSA) is 75.1 Å². The Morgan fingerprint density at radius 2 is 2.17 bits per heavy atom. The van der Waals surface area contributed by atoms with Crippen LogP contribution < -0.4 is 10.9 Å². The third-order valence-corrected chi connectivity index (χ3v) is 3.83. The highest BCUT2D eigenvalue weighted by atomic mass is 16.1. The van der Waals surface area contributed by atoms with Crippen LogP contribution in [0.25, 0.3) is 5.65 Å². The van der Waals surface area contributed by atoms with Crippen LogP contribution in [0.2, 0.25) is 0 Å². The third kappa shape index (κ3) is 3.32. The van der Waals surface area contributed by atoms with Gasteiger partial charge in [-0.1, -0.05) is 19.9 Å². The molecule has 0 aliphatic carbocycles. The molecule has 3 aromatic heterocycles. The van der Waals surface area contributed by atoms with Gasteiger partial charge in [-0.15, -0.1) is 0 Å². The van der Waals surface area contributed by atoms with Crippen LogP contribution in [0.3, 0.4) is 0 Å². The first-order chi connectivity index (χ1) is 11.0. The predicted molar refractivity (Wildman–Crippen MR) is 89.2 cm³/mol. The molecule has 0 fully saturated rings. The van der Waals surface area contributed by atoms with Gasteiger partial charge in [0.05, 0.1) is 11.7 Å². The lowest BCUT2D eigenvalue weighted by Gasteiger charge is -2.22. The van der Waals surface area contributed by atoms with Crippen molar-refractivity contribution in [3.63, 3.8) is 0 Å². The summed E-state index contributed by atoms with van der Waals surface area (Å²) in [6, 6.07) is 7.43. The van der Waals surface area contributed by atoms with E-state index in [4.69, 9.17) is 0 Å². The number of aromatic amines is 1. The summed E-state index contributed by atoms with van der Waals surface area (Å²) >= 11 is 0. The van der Waals surface area contributed by atoms with Crippen molar-refractivity contribution in [2.45, 2.75) is 33.4 Å². The number of nitrogens with zero attached hydrogens (tertiary/aromatic N) is 3. The van der Waals surface area contributed by atoms with Gasteiger partial charge in [0, 0.05) is 36.8 Å². The molecular weight excluding hydrogens is 290 g/mol. The van der Waals surface area contributed by atoms with E-state index in [0.717, 1.165) is 17.0 Å². The van der Waals surface area contributed by atoms with Crippen molar-refractivity contribution in [1.29, 1.82) is 0 Å². The Morgan fingerprint density at radius 3 is 2.87 bits per heavy atom. The van der Waals surface area contributed by atoms with Gasteiger partial charge in [-0.25, -0.2) is 9.50 Å². The lowest BCUT2D eigenvalue weighted by atomic mass is 10.0. The molecule has 0 unspecified atom stereocenters. The first-order valence-electron chi connectivity index (χ1n) is 7.76. The molecule has 3 aromatic rings. The molecule has 120 valence electrons. The van der Waals surface area contributed by atoms with E-state index >= 15 is 0 Å². The lowest BCUT2D eigenvalue weighted by molar-refractivity contribution is 0.401. The summed E-state index contributed by atoms with van der Waals surface area (Å²) in [7, 11) is 0. The summed E-state index contributed by atoms with van der Waals surface area (Å²) < 4.78 is 1.47. The molecule has 0 aromatic carbocycles. The van der Waals surface area contributed by atoms with Crippen LogP contribution in [-0.4, -0.2) is 19.6 Å². The summed E-state index contributed by atoms with van der Waals surface area (Å²) in [5.74, 6) is 0.307. The molecule has 0 aliphatic rings. The number of fused-ring (bicyclic) bond motifs is 1. The maximum absolute atomic E-state index is 12.3. The molecule has 2 N–H and O–H groups in total. The van der Waals surface area contributed by atoms with E-state index in [9.17, 15) is 4.79 Å². The van der Waals surface area contributed by atoms with Gasteiger partial charge in [0.2, 0.25) is 0 Å². The van der Waals surface area contributed by atoms with E-state index < -0.39 is 0 Å². The van der Waals surface area contributed by atoms with Crippen molar-refractivity contribution in [3.05, 3.63) is 64.0 Å². The summed E-state index contributed by atoms with van der Waals surface area (Å²) in [5, 5.41) is 6.48. The summed E-state index contributed by atoms with van der Waals surface area (Å²) in [5.41, 5.74) is 3.35. The van der Waals surface area contributed by atoms with Gasteiger partial charge in [-0.2, -0.15) is 0 Å². The normalized spacial score (nSPS) is 12.9. The Balaban J connectivity index is 1.90. The monoisotopic (exact) mass is 311 g/mol. The van der Waals surface area contributed by atoms with Crippen LogP contribution in [0.5, 0.6) is 0 Å². The highest BCUT2D eigenvalue weighted by Crippen LogP contribution is 2.20. The highest BCUT2D eigenvalue weighted by Gasteiger charge is 2.18. The van der Waals surface area contributed by atoms with Gasteiger partial charge < -0.3 is 5.32 Å². The van der Waals surface area contributed by atoms with Crippen LogP contribution in [0.4, 0.5) is 0 Å². The van der Waals surface area contributed by atoms with Crippen molar-refractivity contribution in [3.8, 4) is 0 Å². The molecule has 23 heavy (non-hydrogen) atoms. The van der Waals surface area contributed by atoms with Crippen molar-refractivity contribution >= 4 is 5.65 Å². The van der Waals surface area contributed by atoms with Crippen molar-refractivity contribution in [2.24, 2.45) is 5.92 Å². The standard InChI is InChI=1S/C17H21N5O/c1-11(2)17(19-10-13-5-4-6-18-9-13)14-8-16(23)22-15(20-14)7-12(3)21-22/h4-9,11,17,19,21H,10H2,1-3H3/t17-/m1/s1. The van der Waals surface area contributed by atoms with E-state index in [1.807, 2.05) is 31.3 Å². The third-order valence-electron chi connectivity index (χ3n) is 3.83. The molecule has 0 saturated heterocycles. The zero-order valence-electron chi connectivity index (χ0n) is 13.6. The minimum absolute atomic E-state index is 0.00288. The van der Waals surface area contributed by atoms with Crippen LogP contribution in [0.1, 0.15) is 36.8 Å². The van der Waals surface area contributed by atoms with Crippen LogP contribution in [0, 0.1) is 12.8 Å². The quantitative estimate of drug-likeness (QED) is 0.757. The molecule has 3 rings (SSSR count). The fraction of sp³-hybridized carbons (Fsp3) is 0.353. The maximum atomic E-state index is 12.3. The summed E-state index contributed by atoms with van der Waals surface area (Å²) in [4.78, 5) is 21.0.